The molecule has 0 saturated carbocycles. The first-order chi connectivity index (χ1) is 8.45. The average molecular weight is 291 g/mol. The van der Waals surface area contributed by atoms with Crippen LogP contribution in [0, 0.1) is 0 Å². The van der Waals surface area contributed by atoms with E-state index in [1.165, 1.54) is 0 Å². The van der Waals surface area contributed by atoms with Gasteiger partial charge >= 0.3 is 0 Å². The van der Waals surface area contributed by atoms with Crippen molar-refractivity contribution in [1.82, 2.24) is 9.62 Å². The van der Waals surface area contributed by atoms with Gasteiger partial charge in [-0.3, -0.25) is 0 Å². The van der Waals surface area contributed by atoms with Crippen LogP contribution in [0.1, 0.15) is 5.56 Å². The molecule has 0 aromatic heterocycles. The molecule has 0 aliphatic rings. The topological polar surface area (TPSA) is 49.4 Å². The van der Waals surface area contributed by atoms with Crippen LogP contribution in [0.5, 0.6) is 0 Å². The van der Waals surface area contributed by atoms with E-state index in [9.17, 15) is 8.42 Å². The summed E-state index contributed by atoms with van der Waals surface area (Å²) < 4.78 is 26.4. The number of alkyl halides is 1. The highest BCUT2D eigenvalue weighted by Crippen LogP contribution is 2.11. The molecule has 0 spiro atoms. The zero-order valence-corrected chi connectivity index (χ0v) is 12.3. The second-order valence-corrected chi connectivity index (χ2v) is 6.43. The van der Waals surface area contributed by atoms with Crippen LogP contribution in [-0.4, -0.2) is 46.4 Å². The summed E-state index contributed by atoms with van der Waals surface area (Å²) >= 11 is 5.63. The van der Waals surface area contributed by atoms with Crippen LogP contribution in [0.2, 0.25) is 0 Å². The molecule has 4 nitrogen and oxygen atoms in total. The molecule has 0 heterocycles. The number of hydrogen-bond acceptors (Lipinski definition) is 3. The van der Waals surface area contributed by atoms with Crippen molar-refractivity contribution in [2.24, 2.45) is 0 Å². The van der Waals surface area contributed by atoms with Crippen LogP contribution in [0.4, 0.5) is 0 Å². The van der Waals surface area contributed by atoms with Crippen molar-refractivity contribution in [2.45, 2.75) is 11.3 Å². The average Bonchev–Trinajstić information content (AvgIpc) is 2.29. The van der Waals surface area contributed by atoms with Crippen molar-refractivity contribution >= 4 is 21.6 Å². The zero-order chi connectivity index (χ0) is 13.6. The molecule has 1 N–H and O–H groups in total. The Bertz CT molecular complexity index is 457. The summed E-state index contributed by atoms with van der Waals surface area (Å²) in [6.07, 6.45) is 0.746. The predicted molar refractivity (Wildman–Crippen MR) is 74.6 cm³/mol. The number of nitrogens with zero attached hydrogens (tertiary/aromatic N) is 1. The summed E-state index contributed by atoms with van der Waals surface area (Å²) in [5.74, 6) is 0.535. The van der Waals surface area contributed by atoms with Gasteiger partial charge in [-0.05, 0) is 38.2 Å². The van der Waals surface area contributed by atoms with Gasteiger partial charge in [0, 0.05) is 19.0 Å². The molecule has 1 aromatic rings. The van der Waals surface area contributed by atoms with Crippen molar-refractivity contribution in [1.29, 1.82) is 0 Å². The monoisotopic (exact) mass is 290 g/mol. The lowest BCUT2D eigenvalue weighted by Gasteiger charge is -2.11. The molecule has 0 aliphatic heterocycles. The van der Waals surface area contributed by atoms with Crippen molar-refractivity contribution in [3.8, 4) is 0 Å². The van der Waals surface area contributed by atoms with Crippen LogP contribution >= 0.6 is 11.6 Å². The molecule has 0 unspecified atom stereocenters. The maximum atomic E-state index is 11.9. The number of sulfonamides is 1. The van der Waals surface area contributed by atoms with Crippen molar-refractivity contribution < 1.29 is 8.42 Å². The Morgan fingerprint density at radius 3 is 2.33 bits per heavy atom. The first-order valence-electron chi connectivity index (χ1n) is 5.75. The number of likely N-dealkylation sites (N-methyl/N-ethyl adjacent to an activating group) is 1. The quantitative estimate of drug-likeness (QED) is 0.770. The fourth-order valence-electron chi connectivity index (χ4n) is 1.43. The molecule has 0 aliphatic carbocycles. The molecular weight excluding hydrogens is 272 g/mol. The molecule has 102 valence electrons. The third kappa shape index (κ3) is 4.94. The van der Waals surface area contributed by atoms with E-state index in [1.54, 1.807) is 24.3 Å². The Balaban J connectivity index is 2.67. The third-order valence-electron chi connectivity index (χ3n) is 2.47. The normalized spacial score (nSPS) is 12.0. The number of nitrogens with one attached hydrogen (secondary N) is 1. The fourth-order valence-corrected chi connectivity index (χ4v) is 2.67. The van der Waals surface area contributed by atoms with E-state index < -0.39 is 10.0 Å². The van der Waals surface area contributed by atoms with Gasteiger partial charge in [0.15, 0.2) is 0 Å². The maximum absolute atomic E-state index is 11.9. The number of aryl methyl sites for hydroxylation is 1. The van der Waals surface area contributed by atoms with Gasteiger partial charge in [0.05, 0.1) is 4.90 Å². The van der Waals surface area contributed by atoms with Crippen molar-refractivity contribution in [2.75, 3.05) is 33.1 Å². The Kier molecular flexibility index (Phi) is 6.08. The lowest BCUT2D eigenvalue weighted by Crippen LogP contribution is -2.31. The van der Waals surface area contributed by atoms with Gasteiger partial charge in [-0.2, -0.15) is 0 Å². The van der Waals surface area contributed by atoms with E-state index in [1.807, 2.05) is 19.0 Å². The summed E-state index contributed by atoms with van der Waals surface area (Å²) in [6.45, 7) is 1.07. The minimum Gasteiger partial charge on any atom is -0.308 e. The van der Waals surface area contributed by atoms with E-state index in [-0.39, 0.29) is 0 Å². The van der Waals surface area contributed by atoms with Crippen LogP contribution in [-0.2, 0) is 16.4 Å². The zero-order valence-electron chi connectivity index (χ0n) is 10.7. The summed E-state index contributed by atoms with van der Waals surface area (Å²) in [4.78, 5) is 2.21. The molecule has 1 rings (SSSR count). The van der Waals surface area contributed by atoms with Gasteiger partial charge in [0.2, 0.25) is 10.0 Å². The predicted octanol–water partition coefficient (Wildman–Crippen LogP) is 1.31. The molecule has 0 amide bonds. The number of halogens is 1. The minimum atomic E-state index is -3.40. The van der Waals surface area contributed by atoms with Gasteiger partial charge in [0.25, 0.3) is 0 Å². The van der Waals surface area contributed by atoms with Gasteiger partial charge in [0.1, 0.15) is 0 Å². The third-order valence-corrected chi connectivity index (χ3v) is 4.13. The Morgan fingerprint density at radius 1 is 1.22 bits per heavy atom. The summed E-state index contributed by atoms with van der Waals surface area (Å²) in [5.41, 5.74) is 1.04. The molecule has 0 bridgehead atoms. The van der Waals surface area contributed by atoms with Gasteiger partial charge in [-0.25, -0.2) is 13.1 Å². The molecule has 0 saturated heterocycles. The van der Waals surface area contributed by atoms with Crippen LogP contribution < -0.4 is 4.72 Å². The van der Waals surface area contributed by atoms with Gasteiger partial charge in [-0.1, -0.05) is 12.1 Å². The molecule has 1 aromatic carbocycles. The Labute approximate surface area is 114 Å². The van der Waals surface area contributed by atoms with Crippen LogP contribution in [0.15, 0.2) is 29.2 Å². The molecule has 0 fully saturated rings. The number of rotatable bonds is 7. The highest BCUT2D eigenvalue weighted by molar-refractivity contribution is 7.89. The molecule has 0 radical (unpaired) electrons. The summed E-state index contributed by atoms with van der Waals surface area (Å²) in [7, 11) is 0.399. The molecule has 6 heteroatoms. The van der Waals surface area contributed by atoms with E-state index in [2.05, 4.69) is 4.72 Å². The Morgan fingerprint density at radius 2 is 1.83 bits per heavy atom. The standard InChI is InChI=1S/C12H19ClN2O2S/c1-15(2)10-9-14-18(16,17)12-5-3-11(4-6-12)7-8-13/h3-6,14H,7-10H2,1-2H3. The SMILES string of the molecule is CN(C)CCNS(=O)(=O)c1ccc(CCCl)cc1. The fraction of sp³-hybridized carbons (Fsp3) is 0.500. The first-order valence-corrected chi connectivity index (χ1v) is 7.77. The van der Waals surface area contributed by atoms with E-state index in [4.69, 9.17) is 11.6 Å². The highest BCUT2D eigenvalue weighted by Gasteiger charge is 2.12. The number of hydrogen-bond donors (Lipinski definition) is 1. The van der Waals surface area contributed by atoms with Crippen molar-refractivity contribution in [3.63, 3.8) is 0 Å². The van der Waals surface area contributed by atoms with Crippen LogP contribution in [0.25, 0.3) is 0 Å². The lowest BCUT2D eigenvalue weighted by molar-refractivity contribution is 0.412. The minimum absolute atomic E-state index is 0.291. The smallest absolute Gasteiger partial charge is 0.240 e. The van der Waals surface area contributed by atoms with E-state index in [0.29, 0.717) is 23.9 Å². The Hall–Kier alpha value is -0.620. The van der Waals surface area contributed by atoms with E-state index >= 15 is 0 Å². The second kappa shape index (κ2) is 7.09. The molecular formula is C12H19ClN2O2S. The van der Waals surface area contributed by atoms with Crippen LogP contribution in [0.3, 0.4) is 0 Å². The molecule has 0 atom stereocenters. The first kappa shape index (κ1) is 15.4. The summed E-state index contributed by atoms with van der Waals surface area (Å²) in [6, 6.07) is 6.81. The number of benzene rings is 1. The maximum Gasteiger partial charge on any atom is 0.240 e. The largest absolute Gasteiger partial charge is 0.308 e. The molecule has 18 heavy (non-hydrogen) atoms. The van der Waals surface area contributed by atoms with Crippen molar-refractivity contribution in [3.05, 3.63) is 29.8 Å². The summed E-state index contributed by atoms with van der Waals surface area (Å²) in [5, 5.41) is 0. The van der Waals surface area contributed by atoms with Gasteiger partial charge in [-0.15, -0.1) is 11.6 Å². The highest BCUT2D eigenvalue weighted by atomic mass is 35.5. The lowest BCUT2D eigenvalue weighted by atomic mass is 10.2. The van der Waals surface area contributed by atoms with Gasteiger partial charge < -0.3 is 4.90 Å². The van der Waals surface area contributed by atoms with E-state index in [0.717, 1.165) is 12.0 Å². The second-order valence-electron chi connectivity index (χ2n) is 4.28.